The average molecular weight is 527 g/mol. The number of guanidine groups is 1. The Morgan fingerprint density at radius 2 is 2.00 bits per heavy atom. The summed E-state index contributed by atoms with van der Waals surface area (Å²) in [6.07, 6.45) is 1.74. The van der Waals surface area contributed by atoms with Gasteiger partial charge in [-0.1, -0.05) is 12.1 Å². The molecular weight excluding hydrogens is 496 g/mol. The molecule has 6 nitrogen and oxygen atoms in total. The van der Waals surface area contributed by atoms with Gasteiger partial charge in [0.05, 0.1) is 19.2 Å². The van der Waals surface area contributed by atoms with Crippen molar-refractivity contribution >= 4 is 35.8 Å². The highest BCUT2D eigenvalue weighted by atomic mass is 127. The van der Waals surface area contributed by atoms with E-state index >= 15 is 0 Å². The van der Waals surface area contributed by atoms with E-state index in [1.54, 1.807) is 12.1 Å². The zero-order chi connectivity index (χ0) is 20.8. The van der Waals surface area contributed by atoms with Gasteiger partial charge in [-0.05, 0) is 49.2 Å². The van der Waals surface area contributed by atoms with E-state index in [4.69, 9.17) is 9.73 Å². The van der Waals surface area contributed by atoms with Crippen molar-refractivity contribution in [3.05, 3.63) is 59.5 Å². The van der Waals surface area contributed by atoms with Crippen LogP contribution in [0.3, 0.4) is 0 Å². The summed E-state index contributed by atoms with van der Waals surface area (Å²) in [5, 5.41) is 3.40. The van der Waals surface area contributed by atoms with Crippen LogP contribution in [0.2, 0.25) is 0 Å². The van der Waals surface area contributed by atoms with Gasteiger partial charge >= 0.3 is 0 Å². The van der Waals surface area contributed by atoms with Crippen LogP contribution in [-0.2, 0) is 11.3 Å². The summed E-state index contributed by atoms with van der Waals surface area (Å²) < 4.78 is 19.4. The molecule has 30 heavy (non-hydrogen) atoms. The van der Waals surface area contributed by atoms with Crippen LogP contribution in [0.5, 0.6) is 0 Å². The van der Waals surface area contributed by atoms with Crippen LogP contribution < -0.4 is 10.2 Å². The van der Waals surface area contributed by atoms with E-state index in [9.17, 15) is 4.39 Å². The Kier molecular flexibility index (Phi) is 9.29. The van der Waals surface area contributed by atoms with Gasteiger partial charge < -0.3 is 19.9 Å². The Morgan fingerprint density at radius 3 is 2.67 bits per heavy atom. The molecule has 2 heterocycles. The normalized spacial score (nSPS) is 19.2. The predicted molar refractivity (Wildman–Crippen MR) is 130 cm³/mol. The maximum atomic E-state index is 13.3. The molecule has 8 heteroatoms. The second-order valence-corrected chi connectivity index (χ2v) is 7.48. The fraction of sp³-hybridized carbons (Fsp3) is 0.455. The number of aliphatic imine (C=N–C) groups is 1. The molecule has 2 aromatic rings. The second-order valence-electron chi connectivity index (χ2n) is 7.48. The summed E-state index contributed by atoms with van der Waals surface area (Å²) in [6.45, 7) is 6.89. The maximum absolute atomic E-state index is 13.3. The van der Waals surface area contributed by atoms with Crippen LogP contribution in [0.15, 0.2) is 47.6 Å². The highest BCUT2D eigenvalue weighted by Gasteiger charge is 2.28. The van der Waals surface area contributed by atoms with Crippen molar-refractivity contribution in [1.82, 2.24) is 15.2 Å². The minimum Gasteiger partial charge on any atom is -0.367 e. The van der Waals surface area contributed by atoms with Gasteiger partial charge in [0, 0.05) is 33.4 Å². The SMILES string of the molecule is CCNC(=NCc1ccnc(N(C)C)c1)N1CC(C)OC(c2ccc(F)cc2)C1.I. The molecule has 1 N–H and O–H groups in total. The van der Waals surface area contributed by atoms with E-state index in [-0.39, 0.29) is 42.0 Å². The number of aromatic nitrogens is 1. The van der Waals surface area contributed by atoms with Crippen LogP contribution in [-0.4, -0.2) is 55.7 Å². The largest absolute Gasteiger partial charge is 0.367 e. The first-order valence-corrected chi connectivity index (χ1v) is 10.0. The predicted octanol–water partition coefficient (Wildman–Crippen LogP) is 3.83. The maximum Gasteiger partial charge on any atom is 0.194 e. The highest BCUT2D eigenvalue weighted by molar-refractivity contribution is 14.0. The van der Waals surface area contributed by atoms with Crippen LogP contribution in [0.4, 0.5) is 10.2 Å². The van der Waals surface area contributed by atoms with Gasteiger partial charge in [0.15, 0.2) is 5.96 Å². The lowest BCUT2D eigenvalue weighted by Crippen LogP contribution is -2.50. The summed E-state index contributed by atoms with van der Waals surface area (Å²) in [6, 6.07) is 10.6. The fourth-order valence-electron chi connectivity index (χ4n) is 3.38. The number of halogens is 2. The molecule has 2 unspecified atom stereocenters. The zero-order valence-corrected chi connectivity index (χ0v) is 20.3. The molecule has 1 fully saturated rings. The molecule has 1 aromatic heterocycles. The lowest BCUT2D eigenvalue weighted by molar-refractivity contribution is -0.0605. The standard InChI is InChI=1S/C22H30FN5O.HI/c1-5-24-22(26-13-17-10-11-25-21(12-17)27(3)4)28-14-16(2)29-20(15-28)18-6-8-19(23)9-7-18;/h6-12,16,20H,5,13-15H2,1-4H3,(H,24,26);1H. The number of nitrogens with one attached hydrogen (secondary N) is 1. The molecule has 3 rings (SSSR count). The van der Waals surface area contributed by atoms with Crippen LogP contribution in [0.1, 0.15) is 31.1 Å². The number of hydrogen-bond donors (Lipinski definition) is 1. The number of morpholine rings is 1. The van der Waals surface area contributed by atoms with Gasteiger partial charge in [0.25, 0.3) is 0 Å². The van der Waals surface area contributed by atoms with Gasteiger partial charge in [-0.2, -0.15) is 0 Å². The third-order valence-electron chi connectivity index (χ3n) is 4.82. The van der Waals surface area contributed by atoms with Crippen LogP contribution in [0, 0.1) is 5.82 Å². The zero-order valence-electron chi connectivity index (χ0n) is 18.0. The van der Waals surface area contributed by atoms with Gasteiger partial charge in [-0.15, -0.1) is 24.0 Å². The third-order valence-corrected chi connectivity index (χ3v) is 4.82. The van der Waals surface area contributed by atoms with E-state index in [0.29, 0.717) is 13.1 Å². The summed E-state index contributed by atoms with van der Waals surface area (Å²) in [4.78, 5) is 13.4. The van der Waals surface area contributed by atoms with Gasteiger partial charge in [0.1, 0.15) is 17.7 Å². The molecule has 0 bridgehead atoms. The number of rotatable bonds is 5. The molecule has 1 aliphatic rings. The Hall–Kier alpha value is -1.94. The third kappa shape index (κ3) is 6.53. The van der Waals surface area contributed by atoms with E-state index in [1.807, 2.05) is 31.3 Å². The number of anilines is 1. The monoisotopic (exact) mass is 527 g/mol. The van der Waals surface area contributed by atoms with Crippen molar-refractivity contribution in [2.75, 3.05) is 38.6 Å². The summed E-state index contributed by atoms with van der Waals surface area (Å²) >= 11 is 0. The molecule has 0 saturated carbocycles. The molecule has 1 saturated heterocycles. The van der Waals surface area contributed by atoms with Gasteiger partial charge in [0.2, 0.25) is 0 Å². The molecule has 2 atom stereocenters. The first-order valence-electron chi connectivity index (χ1n) is 10.0. The van der Waals surface area contributed by atoms with E-state index in [0.717, 1.165) is 36.0 Å². The molecule has 1 aliphatic heterocycles. The molecule has 164 valence electrons. The second kappa shape index (κ2) is 11.5. The van der Waals surface area contributed by atoms with Crippen molar-refractivity contribution in [3.8, 4) is 0 Å². The first-order chi connectivity index (χ1) is 14.0. The lowest BCUT2D eigenvalue weighted by atomic mass is 10.1. The number of ether oxygens (including phenoxy) is 1. The Morgan fingerprint density at radius 1 is 1.27 bits per heavy atom. The smallest absolute Gasteiger partial charge is 0.194 e. The summed E-state index contributed by atoms with van der Waals surface area (Å²) in [5.74, 6) is 1.54. The van der Waals surface area contributed by atoms with Crippen LogP contribution in [0.25, 0.3) is 0 Å². The number of benzene rings is 1. The number of nitrogens with zero attached hydrogens (tertiary/aromatic N) is 4. The van der Waals surface area contributed by atoms with Gasteiger partial charge in [-0.3, -0.25) is 0 Å². The van der Waals surface area contributed by atoms with Crippen molar-refractivity contribution < 1.29 is 9.13 Å². The molecular formula is C22H31FIN5O. The van der Waals surface area contributed by atoms with Crippen molar-refractivity contribution in [3.63, 3.8) is 0 Å². The highest BCUT2D eigenvalue weighted by Crippen LogP contribution is 2.25. The minimum absolute atomic E-state index is 0. The summed E-state index contributed by atoms with van der Waals surface area (Å²) in [5.41, 5.74) is 2.08. The van der Waals surface area contributed by atoms with Crippen molar-refractivity contribution in [2.24, 2.45) is 4.99 Å². The van der Waals surface area contributed by atoms with Gasteiger partial charge in [-0.25, -0.2) is 14.4 Å². The van der Waals surface area contributed by atoms with Crippen LogP contribution >= 0.6 is 24.0 Å². The fourth-order valence-corrected chi connectivity index (χ4v) is 3.38. The molecule has 1 aromatic carbocycles. The van der Waals surface area contributed by atoms with E-state index < -0.39 is 0 Å². The van der Waals surface area contributed by atoms with Crippen molar-refractivity contribution in [2.45, 2.75) is 32.6 Å². The molecule has 0 amide bonds. The lowest BCUT2D eigenvalue weighted by Gasteiger charge is -2.38. The molecule has 0 aliphatic carbocycles. The Bertz CT molecular complexity index is 831. The molecule has 0 radical (unpaired) electrons. The number of pyridine rings is 1. The van der Waals surface area contributed by atoms with Crippen molar-refractivity contribution in [1.29, 1.82) is 0 Å². The Labute approximate surface area is 195 Å². The average Bonchev–Trinajstić information content (AvgIpc) is 2.71. The quantitative estimate of drug-likeness (QED) is 0.364. The first kappa shape index (κ1) is 24.3. The van der Waals surface area contributed by atoms with E-state index in [1.165, 1.54) is 12.1 Å². The molecule has 0 spiro atoms. The number of hydrogen-bond acceptors (Lipinski definition) is 4. The van der Waals surface area contributed by atoms with E-state index in [2.05, 4.69) is 35.1 Å². The minimum atomic E-state index is -0.237. The summed E-state index contributed by atoms with van der Waals surface area (Å²) in [7, 11) is 3.95. The Balaban J connectivity index is 0.00000320. The topological polar surface area (TPSA) is 53.0 Å².